The molecule has 3 N–H and O–H groups in total. The summed E-state index contributed by atoms with van der Waals surface area (Å²) in [6.07, 6.45) is -0.749. The van der Waals surface area contributed by atoms with Crippen LogP contribution < -0.4 is 10.5 Å². The van der Waals surface area contributed by atoms with Crippen LogP contribution in [0.4, 0.5) is 8.78 Å². The van der Waals surface area contributed by atoms with Crippen LogP contribution in [0.5, 0.6) is 5.75 Å². The van der Waals surface area contributed by atoms with Crippen LogP contribution in [-0.4, -0.2) is 23.9 Å². The van der Waals surface area contributed by atoms with E-state index in [1.54, 1.807) is 6.92 Å². The second-order valence-corrected chi connectivity index (χ2v) is 3.27. The molecule has 0 aliphatic rings. The van der Waals surface area contributed by atoms with E-state index in [-0.39, 0.29) is 12.4 Å². The van der Waals surface area contributed by atoms with Crippen molar-refractivity contribution in [2.24, 2.45) is 5.73 Å². The average molecular weight is 217 g/mol. The molecular formula is C10H13F2NO2. The monoisotopic (exact) mass is 217 g/mol. The molecule has 1 aromatic carbocycles. The van der Waals surface area contributed by atoms with Crippen LogP contribution in [0.1, 0.15) is 6.92 Å². The Morgan fingerprint density at radius 2 is 2.13 bits per heavy atom. The van der Waals surface area contributed by atoms with Gasteiger partial charge < -0.3 is 15.6 Å². The van der Waals surface area contributed by atoms with Gasteiger partial charge in [-0.3, -0.25) is 0 Å². The Labute approximate surface area is 86.5 Å². The molecule has 5 heteroatoms. The maximum atomic E-state index is 13.1. The van der Waals surface area contributed by atoms with Crippen LogP contribution in [-0.2, 0) is 0 Å². The van der Waals surface area contributed by atoms with Crippen molar-refractivity contribution >= 4 is 0 Å². The highest BCUT2D eigenvalue weighted by molar-refractivity contribution is 5.25. The Hall–Kier alpha value is -1.20. The summed E-state index contributed by atoms with van der Waals surface area (Å²) in [6.45, 7) is 1.26. The summed E-state index contributed by atoms with van der Waals surface area (Å²) >= 11 is 0. The van der Waals surface area contributed by atoms with Crippen molar-refractivity contribution < 1.29 is 18.6 Å². The molecule has 0 spiro atoms. The summed E-state index contributed by atoms with van der Waals surface area (Å²) in [6, 6.07) is 2.39. The van der Waals surface area contributed by atoms with Gasteiger partial charge in [0.05, 0.1) is 6.61 Å². The lowest BCUT2D eigenvalue weighted by molar-refractivity contribution is 0.0950. The first-order valence-electron chi connectivity index (χ1n) is 4.52. The summed E-state index contributed by atoms with van der Waals surface area (Å²) < 4.78 is 30.9. The van der Waals surface area contributed by atoms with Gasteiger partial charge in [0.2, 0.25) is 0 Å². The standard InChI is InChI=1S/C10H13F2NO2/c1-6(13)10(5-14)15-9-4-7(11)2-3-8(9)12/h2-4,6,10,14H,5,13H2,1H3. The number of nitrogens with two attached hydrogens (primary N) is 1. The van der Waals surface area contributed by atoms with Crippen LogP contribution >= 0.6 is 0 Å². The van der Waals surface area contributed by atoms with Crippen LogP contribution in [0.2, 0.25) is 0 Å². The molecule has 0 saturated heterocycles. The zero-order chi connectivity index (χ0) is 11.4. The third-order valence-corrected chi connectivity index (χ3v) is 1.94. The van der Waals surface area contributed by atoms with Crippen molar-refractivity contribution in [3.05, 3.63) is 29.8 Å². The van der Waals surface area contributed by atoms with E-state index in [0.717, 1.165) is 18.2 Å². The van der Waals surface area contributed by atoms with Crippen molar-refractivity contribution in [3.8, 4) is 5.75 Å². The summed E-state index contributed by atoms with van der Waals surface area (Å²) in [7, 11) is 0. The third kappa shape index (κ3) is 3.14. The summed E-state index contributed by atoms with van der Waals surface area (Å²) in [5.74, 6) is -1.53. The van der Waals surface area contributed by atoms with Crippen LogP contribution in [0, 0.1) is 11.6 Å². The number of hydrogen-bond acceptors (Lipinski definition) is 3. The zero-order valence-corrected chi connectivity index (χ0v) is 8.28. The molecule has 0 aromatic heterocycles. The maximum absolute atomic E-state index is 13.1. The highest BCUT2D eigenvalue weighted by atomic mass is 19.1. The first-order valence-corrected chi connectivity index (χ1v) is 4.52. The van der Waals surface area contributed by atoms with E-state index < -0.39 is 23.8 Å². The van der Waals surface area contributed by atoms with Gasteiger partial charge in [-0.1, -0.05) is 0 Å². The molecule has 3 nitrogen and oxygen atoms in total. The largest absolute Gasteiger partial charge is 0.483 e. The topological polar surface area (TPSA) is 55.5 Å². The van der Waals surface area contributed by atoms with E-state index in [1.165, 1.54) is 0 Å². The van der Waals surface area contributed by atoms with Gasteiger partial charge in [-0.2, -0.15) is 0 Å². The number of benzene rings is 1. The first kappa shape index (κ1) is 11.9. The molecule has 0 amide bonds. The fourth-order valence-corrected chi connectivity index (χ4v) is 1.04. The Balaban J connectivity index is 2.82. The predicted octanol–water partition coefficient (Wildman–Crippen LogP) is 1.05. The molecule has 0 bridgehead atoms. The minimum absolute atomic E-state index is 0.244. The van der Waals surface area contributed by atoms with Crippen LogP contribution in [0.3, 0.4) is 0 Å². The quantitative estimate of drug-likeness (QED) is 0.792. The highest BCUT2D eigenvalue weighted by Gasteiger charge is 2.16. The van der Waals surface area contributed by atoms with Gasteiger partial charge in [-0.15, -0.1) is 0 Å². The first-order chi connectivity index (χ1) is 7.04. The predicted molar refractivity (Wildman–Crippen MR) is 51.5 cm³/mol. The van der Waals surface area contributed by atoms with Gasteiger partial charge in [0.25, 0.3) is 0 Å². The maximum Gasteiger partial charge on any atom is 0.165 e. The zero-order valence-electron chi connectivity index (χ0n) is 8.28. The van der Waals surface area contributed by atoms with Gasteiger partial charge in [0, 0.05) is 12.1 Å². The Kier molecular flexibility index (Phi) is 3.99. The molecule has 2 atom stereocenters. The van der Waals surface area contributed by atoms with E-state index >= 15 is 0 Å². The normalized spacial score (nSPS) is 14.7. The number of halogens is 2. The second kappa shape index (κ2) is 5.04. The third-order valence-electron chi connectivity index (χ3n) is 1.94. The lowest BCUT2D eigenvalue weighted by Crippen LogP contribution is -2.39. The molecule has 15 heavy (non-hydrogen) atoms. The highest BCUT2D eigenvalue weighted by Crippen LogP contribution is 2.19. The van der Waals surface area contributed by atoms with Crippen molar-refractivity contribution in [2.75, 3.05) is 6.61 Å². The molecule has 1 aromatic rings. The lowest BCUT2D eigenvalue weighted by Gasteiger charge is -2.20. The molecule has 84 valence electrons. The van der Waals surface area contributed by atoms with Gasteiger partial charge in [0.1, 0.15) is 11.9 Å². The molecule has 0 heterocycles. The Bertz CT molecular complexity index is 331. The van der Waals surface area contributed by atoms with E-state index in [4.69, 9.17) is 15.6 Å². The fourth-order valence-electron chi connectivity index (χ4n) is 1.04. The van der Waals surface area contributed by atoms with Crippen molar-refractivity contribution in [1.29, 1.82) is 0 Å². The molecule has 2 unspecified atom stereocenters. The van der Waals surface area contributed by atoms with E-state index in [0.29, 0.717) is 0 Å². The summed E-state index contributed by atoms with van der Waals surface area (Å²) in [4.78, 5) is 0. The van der Waals surface area contributed by atoms with Crippen molar-refractivity contribution in [2.45, 2.75) is 19.1 Å². The fraction of sp³-hybridized carbons (Fsp3) is 0.400. The SMILES string of the molecule is CC(N)C(CO)Oc1cc(F)ccc1F. The van der Waals surface area contributed by atoms with Crippen molar-refractivity contribution in [1.82, 2.24) is 0 Å². The van der Waals surface area contributed by atoms with E-state index in [9.17, 15) is 8.78 Å². The average Bonchev–Trinajstić information content (AvgIpc) is 2.18. The molecule has 1 rings (SSSR count). The molecule has 0 radical (unpaired) electrons. The molecular weight excluding hydrogens is 204 g/mol. The molecule has 0 aliphatic carbocycles. The van der Waals surface area contributed by atoms with Gasteiger partial charge in [-0.25, -0.2) is 8.78 Å². The van der Waals surface area contributed by atoms with E-state index in [2.05, 4.69) is 0 Å². The van der Waals surface area contributed by atoms with Crippen molar-refractivity contribution in [3.63, 3.8) is 0 Å². The number of aliphatic hydroxyl groups is 1. The number of aliphatic hydroxyl groups excluding tert-OH is 1. The van der Waals surface area contributed by atoms with Gasteiger partial charge in [0.15, 0.2) is 11.6 Å². The smallest absolute Gasteiger partial charge is 0.165 e. The minimum Gasteiger partial charge on any atom is -0.483 e. The number of ether oxygens (including phenoxy) is 1. The summed E-state index contributed by atoms with van der Waals surface area (Å²) in [5, 5.41) is 8.90. The Morgan fingerprint density at radius 1 is 1.47 bits per heavy atom. The van der Waals surface area contributed by atoms with Gasteiger partial charge >= 0.3 is 0 Å². The van der Waals surface area contributed by atoms with Crippen LogP contribution in [0.15, 0.2) is 18.2 Å². The second-order valence-electron chi connectivity index (χ2n) is 3.27. The summed E-state index contributed by atoms with van der Waals surface area (Å²) in [5.41, 5.74) is 5.48. The van der Waals surface area contributed by atoms with Gasteiger partial charge in [-0.05, 0) is 19.1 Å². The molecule has 0 saturated carbocycles. The number of hydrogen-bond donors (Lipinski definition) is 2. The molecule has 0 aliphatic heterocycles. The minimum atomic E-state index is -0.749. The van der Waals surface area contributed by atoms with E-state index in [1.807, 2.05) is 0 Å². The Morgan fingerprint density at radius 3 is 2.67 bits per heavy atom. The lowest BCUT2D eigenvalue weighted by atomic mass is 10.2. The molecule has 0 fully saturated rings. The number of rotatable bonds is 4. The van der Waals surface area contributed by atoms with Crippen LogP contribution in [0.25, 0.3) is 0 Å².